The zero-order valence-corrected chi connectivity index (χ0v) is 59.7. The summed E-state index contributed by atoms with van der Waals surface area (Å²) in [6.07, 6.45) is 75.9. The molecule has 8 atom stereocenters. The smallest absolute Gasteiger partial charge is 0.306 e. The van der Waals surface area contributed by atoms with Crippen molar-refractivity contribution in [3.8, 4) is 0 Å². The van der Waals surface area contributed by atoms with Crippen LogP contribution in [0.4, 0.5) is 0 Å². The number of amides is 1. The molecule has 0 aromatic heterocycles. The van der Waals surface area contributed by atoms with Crippen molar-refractivity contribution < 1.29 is 49.3 Å². The first-order valence-corrected chi connectivity index (χ1v) is 39.4. The van der Waals surface area contributed by atoms with Gasteiger partial charge in [0.25, 0.3) is 0 Å². The van der Waals surface area contributed by atoms with Crippen molar-refractivity contribution in [3.63, 3.8) is 0 Å². The number of hydrogen-bond acceptors (Lipinski definition) is 10. The van der Waals surface area contributed by atoms with Gasteiger partial charge in [0, 0.05) is 6.42 Å². The van der Waals surface area contributed by atoms with Gasteiger partial charge in [0.15, 0.2) is 12.4 Å². The van der Waals surface area contributed by atoms with Crippen LogP contribution in [0.25, 0.3) is 0 Å². The van der Waals surface area contributed by atoms with Crippen LogP contribution in [0.1, 0.15) is 387 Å². The van der Waals surface area contributed by atoms with E-state index in [1.807, 2.05) is 6.08 Å². The highest BCUT2D eigenvalue weighted by molar-refractivity contribution is 5.80. The Morgan fingerprint density at radius 2 is 0.758 bits per heavy atom. The van der Waals surface area contributed by atoms with Crippen molar-refractivity contribution in [1.29, 1.82) is 0 Å². The Morgan fingerprint density at radius 1 is 0.429 bits per heavy atom. The number of ether oxygens (including phenoxy) is 3. The number of allylic oxidation sites excluding steroid dienone is 7. The second kappa shape index (κ2) is 67.6. The Kier molecular flexibility index (Phi) is 64.3. The molecule has 1 amide bonds. The highest BCUT2D eigenvalue weighted by Gasteiger charge is 2.47. The minimum absolute atomic E-state index is 0.121. The molecule has 0 radical (unpaired) electrons. The lowest BCUT2D eigenvalue weighted by molar-refractivity contribution is -0.305. The molecule has 1 aliphatic rings. The summed E-state index contributed by atoms with van der Waals surface area (Å²) < 4.78 is 17.8. The van der Waals surface area contributed by atoms with Crippen molar-refractivity contribution in [2.75, 3.05) is 13.2 Å². The molecule has 1 heterocycles. The van der Waals surface area contributed by atoms with Crippen LogP contribution in [0.15, 0.2) is 48.6 Å². The van der Waals surface area contributed by atoms with Crippen LogP contribution in [-0.4, -0.2) is 99.6 Å². The lowest BCUT2D eigenvalue weighted by atomic mass is 9.99. The third kappa shape index (κ3) is 54.4. The van der Waals surface area contributed by atoms with Crippen LogP contribution in [-0.2, 0) is 23.8 Å². The standard InChI is InChI=1S/C80H149NO10/c1-4-7-10-13-16-19-22-25-27-29-31-33-35-36-37-39-40-42-44-46-49-52-55-58-61-64-67-73(84)79(88)81-71(72(83)66-63-60-57-54-51-48-24-21-18-15-12-9-6-3)70-89-80-78(77(87)76(86)74(69-82)90-80)91-75(85)68-65-62-59-56-53-50-47-45-43-41-38-34-32-30-28-26-23-20-17-14-11-8-5-2/h17,20,26,28,32,34,63,66,71-74,76-78,80,82-84,86-87H,4-16,18-19,21-25,27,29-31,33,35-62,64-65,67-70H2,1-3H3,(H,81,88)/b20-17-,28-26-,34-32-,66-63+. The van der Waals surface area contributed by atoms with Crippen LogP contribution in [0.5, 0.6) is 0 Å². The summed E-state index contributed by atoms with van der Waals surface area (Å²) in [7, 11) is 0. The number of hydrogen-bond donors (Lipinski definition) is 6. The van der Waals surface area contributed by atoms with E-state index >= 15 is 0 Å². The molecule has 11 heteroatoms. The topological polar surface area (TPSA) is 175 Å². The first-order valence-electron chi connectivity index (χ1n) is 39.4. The minimum Gasteiger partial charge on any atom is -0.454 e. The fourth-order valence-corrected chi connectivity index (χ4v) is 12.5. The van der Waals surface area contributed by atoms with E-state index in [1.54, 1.807) is 6.08 Å². The number of aliphatic hydroxyl groups excluding tert-OH is 5. The molecule has 91 heavy (non-hydrogen) atoms. The SMILES string of the molecule is CCCCC/C=C\C/C=C\C/C=C\CCCCCCCCCCCCC(=O)OC1C(OCC(NC(=O)C(O)CCCCCCCCCCCCCCCCCCCCCCCCCCCC)C(O)/C=C/CCCCCCCCCCCCC)OC(CO)C(O)C1O. The Balaban J connectivity index is 2.52. The van der Waals surface area contributed by atoms with Gasteiger partial charge < -0.3 is 45.1 Å². The summed E-state index contributed by atoms with van der Waals surface area (Å²) >= 11 is 0. The van der Waals surface area contributed by atoms with E-state index in [9.17, 15) is 35.1 Å². The zero-order chi connectivity index (χ0) is 66.0. The lowest BCUT2D eigenvalue weighted by Crippen LogP contribution is -2.61. The Morgan fingerprint density at radius 3 is 1.15 bits per heavy atom. The second-order valence-electron chi connectivity index (χ2n) is 27.5. The van der Waals surface area contributed by atoms with Gasteiger partial charge in [-0.25, -0.2) is 0 Å². The van der Waals surface area contributed by atoms with Gasteiger partial charge >= 0.3 is 5.97 Å². The Labute approximate surface area is 561 Å². The van der Waals surface area contributed by atoms with Crippen LogP contribution < -0.4 is 5.32 Å². The van der Waals surface area contributed by atoms with Gasteiger partial charge in [-0.1, -0.05) is 365 Å². The molecule has 11 nitrogen and oxygen atoms in total. The van der Waals surface area contributed by atoms with Gasteiger partial charge in [0.05, 0.1) is 25.4 Å². The minimum atomic E-state index is -1.62. The van der Waals surface area contributed by atoms with Gasteiger partial charge in [-0.2, -0.15) is 0 Å². The molecule has 1 fully saturated rings. The molecule has 6 N–H and O–H groups in total. The average Bonchev–Trinajstić information content (AvgIpc) is 1.01. The van der Waals surface area contributed by atoms with E-state index in [4.69, 9.17) is 14.2 Å². The van der Waals surface area contributed by atoms with Gasteiger partial charge in [0.2, 0.25) is 5.91 Å². The van der Waals surface area contributed by atoms with Crippen LogP contribution in [0, 0.1) is 0 Å². The van der Waals surface area contributed by atoms with Gasteiger partial charge in [0.1, 0.15) is 24.4 Å². The van der Waals surface area contributed by atoms with Crippen molar-refractivity contribution in [3.05, 3.63) is 48.6 Å². The maximum atomic E-state index is 13.5. The number of carbonyl (C=O) groups excluding carboxylic acids is 2. The van der Waals surface area contributed by atoms with Gasteiger partial charge in [-0.15, -0.1) is 0 Å². The largest absolute Gasteiger partial charge is 0.454 e. The molecule has 534 valence electrons. The second-order valence-corrected chi connectivity index (χ2v) is 27.5. The summed E-state index contributed by atoms with van der Waals surface area (Å²) in [4.78, 5) is 26.8. The van der Waals surface area contributed by atoms with E-state index in [0.29, 0.717) is 19.3 Å². The molecule has 0 saturated carbocycles. The maximum absolute atomic E-state index is 13.5. The van der Waals surface area contributed by atoms with E-state index in [1.165, 1.54) is 263 Å². The fourth-order valence-electron chi connectivity index (χ4n) is 12.5. The third-order valence-corrected chi connectivity index (χ3v) is 18.7. The molecular formula is C80H149NO10. The summed E-state index contributed by atoms with van der Waals surface area (Å²) in [6.45, 7) is 5.83. The highest BCUT2D eigenvalue weighted by atomic mass is 16.7. The predicted molar refractivity (Wildman–Crippen MR) is 384 cm³/mol. The molecule has 0 aliphatic carbocycles. The van der Waals surface area contributed by atoms with Crippen LogP contribution in [0.3, 0.4) is 0 Å². The summed E-state index contributed by atoms with van der Waals surface area (Å²) in [5.74, 6) is -1.18. The Bertz CT molecular complexity index is 1670. The fraction of sp³-hybridized carbons (Fsp3) is 0.875. The predicted octanol–water partition coefficient (Wildman–Crippen LogP) is 21.1. The molecule has 1 aliphatic heterocycles. The molecule has 1 saturated heterocycles. The molecule has 0 bridgehead atoms. The number of carbonyl (C=O) groups is 2. The number of esters is 1. The van der Waals surface area contributed by atoms with Crippen LogP contribution >= 0.6 is 0 Å². The first-order chi connectivity index (χ1) is 44.7. The normalized spacial score (nSPS) is 18.2. The average molecular weight is 1290 g/mol. The third-order valence-electron chi connectivity index (χ3n) is 18.7. The van der Waals surface area contributed by atoms with Crippen LogP contribution in [0.2, 0.25) is 0 Å². The van der Waals surface area contributed by atoms with Crippen molar-refractivity contribution in [1.82, 2.24) is 5.32 Å². The summed E-state index contributed by atoms with van der Waals surface area (Å²) in [5.41, 5.74) is 0. The molecule has 0 aromatic rings. The quantitative estimate of drug-likeness (QED) is 0.0195. The van der Waals surface area contributed by atoms with Crippen molar-refractivity contribution >= 4 is 11.9 Å². The zero-order valence-electron chi connectivity index (χ0n) is 59.7. The molecule has 0 spiro atoms. The van der Waals surface area contributed by atoms with Gasteiger partial charge in [-0.05, 0) is 64.2 Å². The first kappa shape index (κ1) is 86.6. The number of aliphatic hydroxyl groups is 5. The van der Waals surface area contributed by atoms with Crippen molar-refractivity contribution in [2.45, 2.75) is 436 Å². The van der Waals surface area contributed by atoms with Gasteiger partial charge in [-0.3, -0.25) is 9.59 Å². The summed E-state index contributed by atoms with van der Waals surface area (Å²) in [5, 5.41) is 57.4. The molecular weight excluding hydrogens is 1130 g/mol. The summed E-state index contributed by atoms with van der Waals surface area (Å²) in [6, 6.07) is -1.02. The Hall–Kier alpha value is -2.38. The maximum Gasteiger partial charge on any atom is 0.306 e. The highest BCUT2D eigenvalue weighted by Crippen LogP contribution is 2.27. The number of nitrogens with one attached hydrogen (secondary N) is 1. The molecule has 1 rings (SSSR count). The lowest BCUT2D eigenvalue weighted by Gasteiger charge is -2.41. The van der Waals surface area contributed by atoms with E-state index in [-0.39, 0.29) is 13.0 Å². The monoisotopic (exact) mass is 1280 g/mol. The number of rotatable bonds is 69. The number of unbranched alkanes of at least 4 members (excludes halogenated alkanes) is 49. The van der Waals surface area contributed by atoms with E-state index in [0.717, 1.165) is 77.0 Å². The molecule has 0 aromatic carbocycles. The van der Waals surface area contributed by atoms with E-state index in [2.05, 4.69) is 62.5 Å². The van der Waals surface area contributed by atoms with Crippen molar-refractivity contribution in [2.24, 2.45) is 0 Å². The molecule has 8 unspecified atom stereocenters. The van der Waals surface area contributed by atoms with E-state index < -0.39 is 67.4 Å².